The summed E-state index contributed by atoms with van der Waals surface area (Å²) < 4.78 is 0. The minimum absolute atomic E-state index is 0.0882. The topological polar surface area (TPSA) is 70.2 Å². The summed E-state index contributed by atoms with van der Waals surface area (Å²) in [4.78, 5) is 23.2. The third-order valence-corrected chi connectivity index (χ3v) is 3.05. The lowest BCUT2D eigenvalue weighted by Gasteiger charge is -2.07. The molecule has 3 N–H and O–H groups in total. The Morgan fingerprint density at radius 1 is 1.32 bits per heavy atom. The van der Waals surface area contributed by atoms with Crippen LogP contribution in [-0.4, -0.2) is 32.0 Å². The molecule has 2 rings (SSSR count). The molecule has 5 heteroatoms. The van der Waals surface area contributed by atoms with Crippen LogP contribution in [0.5, 0.6) is 0 Å². The van der Waals surface area contributed by atoms with Crippen molar-refractivity contribution in [2.75, 3.05) is 25.5 Å². The SMILES string of the molecule is CNC(=O)c1cccc(NC(=O)CNCC2CC2)c1. The van der Waals surface area contributed by atoms with E-state index in [1.54, 1.807) is 31.3 Å². The first-order valence-corrected chi connectivity index (χ1v) is 6.52. The number of nitrogens with one attached hydrogen (secondary N) is 3. The molecule has 1 aromatic rings. The van der Waals surface area contributed by atoms with Crippen LogP contribution in [0.1, 0.15) is 23.2 Å². The third-order valence-electron chi connectivity index (χ3n) is 3.05. The second-order valence-electron chi connectivity index (χ2n) is 4.78. The second kappa shape index (κ2) is 6.33. The Labute approximate surface area is 112 Å². The number of carbonyl (C=O) groups excluding carboxylic acids is 2. The summed E-state index contributed by atoms with van der Waals surface area (Å²) in [6.45, 7) is 1.21. The minimum atomic E-state index is -0.164. The maximum absolute atomic E-state index is 11.7. The van der Waals surface area contributed by atoms with Gasteiger partial charge in [0.1, 0.15) is 0 Å². The maximum Gasteiger partial charge on any atom is 0.251 e. The fraction of sp³-hybridized carbons (Fsp3) is 0.429. The molecule has 102 valence electrons. The molecule has 1 aliphatic rings. The van der Waals surface area contributed by atoms with Crippen LogP contribution in [0.15, 0.2) is 24.3 Å². The van der Waals surface area contributed by atoms with E-state index in [-0.39, 0.29) is 11.8 Å². The number of benzene rings is 1. The van der Waals surface area contributed by atoms with Crippen molar-refractivity contribution in [3.05, 3.63) is 29.8 Å². The summed E-state index contributed by atoms with van der Waals surface area (Å²) in [7, 11) is 1.58. The van der Waals surface area contributed by atoms with Gasteiger partial charge in [-0.25, -0.2) is 0 Å². The molecule has 2 amide bonds. The largest absolute Gasteiger partial charge is 0.355 e. The van der Waals surface area contributed by atoms with Crippen molar-refractivity contribution >= 4 is 17.5 Å². The predicted octanol–water partition coefficient (Wildman–Crippen LogP) is 0.984. The summed E-state index contributed by atoms with van der Waals surface area (Å²) in [5.74, 6) is 0.502. The molecule has 0 unspecified atom stereocenters. The van der Waals surface area contributed by atoms with Gasteiger partial charge in [-0.15, -0.1) is 0 Å². The minimum Gasteiger partial charge on any atom is -0.355 e. The Hall–Kier alpha value is -1.88. The molecule has 0 aliphatic heterocycles. The second-order valence-corrected chi connectivity index (χ2v) is 4.78. The van der Waals surface area contributed by atoms with E-state index in [1.165, 1.54) is 12.8 Å². The highest BCUT2D eigenvalue weighted by atomic mass is 16.2. The number of anilines is 1. The number of carbonyl (C=O) groups is 2. The van der Waals surface area contributed by atoms with Crippen LogP contribution in [0, 0.1) is 5.92 Å². The van der Waals surface area contributed by atoms with Crippen molar-refractivity contribution < 1.29 is 9.59 Å². The number of rotatable bonds is 6. The number of hydrogen-bond acceptors (Lipinski definition) is 3. The van der Waals surface area contributed by atoms with Gasteiger partial charge in [0, 0.05) is 18.3 Å². The molecule has 0 heterocycles. The first-order valence-electron chi connectivity index (χ1n) is 6.52. The van der Waals surface area contributed by atoms with Crippen molar-refractivity contribution in [2.45, 2.75) is 12.8 Å². The van der Waals surface area contributed by atoms with E-state index in [1.807, 2.05) is 0 Å². The maximum atomic E-state index is 11.7. The van der Waals surface area contributed by atoms with Crippen LogP contribution in [0.4, 0.5) is 5.69 Å². The van der Waals surface area contributed by atoms with Crippen molar-refractivity contribution in [1.29, 1.82) is 0 Å². The van der Waals surface area contributed by atoms with Gasteiger partial charge in [0.05, 0.1) is 6.54 Å². The van der Waals surface area contributed by atoms with E-state index in [2.05, 4.69) is 16.0 Å². The lowest BCUT2D eigenvalue weighted by atomic mass is 10.2. The first-order chi connectivity index (χ1) is 9.19. The molecule has 19 heavy (non-hydrogen) atoms. The quantitative estimate of drug-likeness (QED) is 0.715. The van der Waals surface area contributed by atoms with E-state index >= 15 is 0 Å². The van der Waals surface area contributed by atoms with E-state index in [0.29, 0.717) is 17.8 Å². The molecule has 0 radical (unpaired) electrons. The molecule has 0 bridgehead atoms. The molecule has 1 fully saturated rings. The third kappa shape index (κ3) is 4.37. The summed E-state index contributed by atoms with van der Waals surface area (Å²) in [5.41, 5.74) is 1.17. The molecule has 0 spiro atoms. The smallest absolute Gasteiger partial charge is 0.251 e. The van der Waals surface area contributed by atoms with Crippen molar-refractivity contribution in [2.24, 2.45) is 5.92 Å². The van der Waals surface area contributed by atoms with Gasteiger partial charge in [-0.2, -0.15) is 0 Å². The highest BCUT2D eigenvalue weighted by Gasteiger charge is 2.20. The van der Waals surface area contributed by atoms with E-state index in [0.717, 1.165) is 12.5 Å². The van der Waals surface area contributed by atoms with Crippen LogP contribution < -0.4 is 16.0 Å². The van der Waals surface area contributed by atoms with E-state index in [9.17, 15) is 9.59 Å². The summed E-state index contributed by atoms with van der Waals surface area (Å²) in [6, 6.07) is 6.89. The monoisotopic (exact) mass is 261 g/mol. The summed E-state index contributed by atoms with van der Waals surface area (Å²) in [6.07, 6.45) is 2.53. The summed E-state index contributed by atoms with van der Waals surface area (Å²) in [5, 5.41) is 8.45. The Morgan fingerprint density at radius 3 is 2.79 bits per heavy atom. The van der Waals surface area contributed by atoms with E-state index in [4.69, 9.17) is 0 Å². The molecule has 0 atom stereocenters. The Kier molecular flexibility index (Phi) is 4.52. The average molecular weight is 261 g/mol. The van der Waals surface area contributed by atoms with Gasteiger partial charge in [0.2, 0.25) is 5.91 Å². The fourth-order valence-electron chi connectivity index (χ4n) is 1.80. The van der Waals surface area contributed by atoms with Gasteiger partial charge < -0.3 is 16.0 Å². The van der Waals surface area contributed by atoms with Crippen LogP contribution in [-0.2, 0) is 4.79 Å². The Balaban J connectivity index is 1.83. The van der Waals surface area contributed by atoms with Crippen LogP contribution in [0.2, 0.25) is 0 Å². The lowest BCUT2D eigenvalue weighted by Crippen LogP contribution is -2.29. The van der Waals surface area contributed by atoms with Crippen molar-refractivity contribution in [1.82, 2.24) is 10.6 Å². The Morgan fingerprint density at radius 2 is 2.11 bits per heavy atom. The van der Waals surface area contributed by atoms with Gasteiger partial charge in [-0.1, -0.05) is 6.07 Å². The zero-order valence-electron chi connectivity index (χ0n) is 11.0. The predicted molar refractivity (Wildman–Crippen MR) is 74.1 cm³/mol. The highest BCUT2D eigenvalue weighted by molar-refractivity contribution is 5.97. The molecule has 1 saturated carbocycles. The molecule has 1 aliphatic carbocycles. The van der Waals surface area contributed by atoms with Crippen molar-refractivity contribution in [3.8, 4) is 0 Å². The average Bonchev–Trinajstić information content (AvgIpc) is 3.22. The van der Waals surface area contributed by atoms with Crippen LogP contribution in [0.3, 0.4) is 0 Å². The summed E-state index contributed by atoms with van der Waals surface area (Å²) >= 11 is 0. The van der Waals surface area contributed by atoms with Crippen LogP contribution in [0.25, 0.3) is 0 Å². The Bertz CT molecular complexity index is 470. The number of hydrogen-bond donors (Lipinski definition) is 3. The normalized spacial score (nSPS) is 13.9. The first kappa shape index (κ1) is 13.5. The number of amides is 2. The van der Waals surface area contributed by atoms with Gasteiger partial charge in [-0.05, 0) is 43.5 Å². The molecule has 0 saturated heterocycles. The van der Waals surface area contributed by atoms with Gasteiger partial charge >= 0.3 is 0 Å². The molecular weight excluding hydrogens is 242 g/mol. The van der Waals surface area contributed by atoms with Crippen LogP contribution >= 0.6 is 0 Å². The standard InChI is InChI=1S/C14H19N3O2/c1-15-14(19)11-3-2-4-12(7-11)17-13(18)9-16-8-10-5-6-10/h2-4,7,10,16H,5-6,8-9H2,1H3,(H,15,19)(H,17,18). The van der Waals surface area contributed by atoms with Gasteiger partial charge in [0.25, 0.3) is 5.91 Å². The highest BCUT2D eigenvalue weighted by Crippen LogP contribution is 2.27. The van der Waals surface area contributed by atoms with E-state index < -0.39 is 0 Å². The zero-order chi connectivity index (χ0) is 13.7. The molecule has 5 nitrogen and oxygen atoms in total. The zero-order valence-corrected chi connectivity index (χ0v) is 11.0. The molecule has 1 aromatic carbocycles. The fourth-order valence-corrected chi connectivity index (χ4v) is 1.80. The molecule has 0 aromatic heterocycles. The molecular formula is C14H19N3O2. The lowest BCUT2D eigenvalue weighted by molar-refractivity contribution is -0.115. The van der Waals surface area contributed by atoms with Gasteiger partial charge in [0.15, 0.2) is 0 Å². The van der Waals surface area contributed by atoms with Crippen molar-refractivity contribution in [3.63, 3.8) is 0 Å². The van der Waals surface area contributed by atoms with Gasteiger partial charge in [-0.3, -0.25) is 9.59 Å².